The Hall–Kier alpha value is -1.25. The highest BCUT2D eigenvalue weighted by Gasteiger charge is 2.25. The zero-order valence-corrected chi connectivity index (χ0v) is 13.1. The van der Waals surface area contributed by atoms with Crippen LogP contribution in [0, 0.1) is 0 Å². The molecule has 0 atom stereocenters. The summed E-state index contributed by atoms with van der Waals surface area (Å²) in [5.41, 5.74) is 5.44. The molecule has 0 spiro atoms. The number of carboxylic acid groups (broad SMARTS) is 1. The highest BCUT2D eigenvalue weighted by Crippen LogP contribution is 2.23. The summed E-state index contributed by atoms with van der Waals surface area (Å²) >= 11 is 1.51. The Balaban J connectivity index is 3.16. The van der Waals surface area contributed by atoms with E-state index in [0.29, 0.717) is 0 Å². The summed E-state index contributed by atoms with van der Waals surface area (Å²) in [6.45, 7) is 3.96. The summed E-state index contributed by atoms with van der Waals surface area (Å²) in [7, 11) is -3.93. The summed E-state index contributed by atoms with van der Waals surface area (Å²) in [6, 6.07) is 3.69. The van der Waals surface area contributed by atoms with Crippen LogP contribution in [0.25, 0.3) is 0 Å². The number of hydrogen-bond donors (Lipinski definition) is 3. The number of rotatable bonds is 6. The molecular weight excluding hydrogens is 300 g/mol. The van der Waals surface area contributed by atoms with Gasteiger partial charge in [-0.05, 0) is 38.3 Å². The van der Waals surface area contributed by atoms with Crippen molar-refractivity contribution in [3.63, 3.8) is 0 Å². The zero-order valence-electron chi connectivity index (χ0n) is 11.5. The van der Waals surface area contributed by atoms with Crippen molar-refractivity contribution in [1.82, 2.24) is 4.72 Å². The monoisotopic (exact) mass is 318 g/mol. The van der Waals surface area contributed by atoms with Crippen molar-refractivity contribution in [2.45, 2.75) is 23.5 Å². The first-order valence-electron chi connectivity index (χ1n) is 5.77. The summed E-state index contributed by atoms with van der Waals surface area (Å²) in [5, 5.41) is 9.06. The normalized spacial score (nSPS) is 12.3. The molecular formula is C12H18N2O4S2. The lowest BCUT2D eigenvalue weighted by Gasteiger charge is -2.22. The molecule has 1 rings (SSSR count). The lowest BCUT2D eigenvalue weighted by molar-refractivity contribution is 0.0692. The second-order valence-electron chi connectivity index (χ2n) is 4.85. The lowest BCUT2D eigenvalue weighted by atomic mass is 10.2. The van der Waals surface area contributed by atoms with E-state index in [1.165, 1.54) is 23.9 Å². The molecule has 0 fully saturated rings. The van der Waals surface area contributed by atoms with Gasteiger partial charge in [0.25, 0.3) is 0 Å². The van der Waals surface area contributed by atoms with E-state index in [-0.39, 0.29) is 27.4 Å². The first kappa shape index (κ1) is 16.8. The van der Waals surface area contributed by atoms with Crippen LogP contribution in [0.1, 0.15) is 24.2 Å². The third-order valence-electron chi connectivity index (χ3n) is 2.77. The van der Waals surface area contributed by atoms with Gasteiger partial charge in [-0.1, -0.05) is 0 Å². The number of aromatic carboxylic acids is 1. The minimum atomic E-state index is -3.93. The van der Waals surface area contributed by atoms with Crippen LogP contribution in [-0.4, -0.2) is 37.0 Å². The van der Waals surface area contributed by atoms with Gasteiger partial charge in [-0.15, -0.1) is 0 Å². The standard InChI is InChI=1S/C12H18N2O4S2/c1-12(2,19-3)7-14-20(17,18)10-6-8(13)4-5-9(10)11(15)16/h4-6,14H,7,13H2,1-3H3,(H,15,16). The van der Waals surface area contributed by atoms with Crippen molar-refractivity contribution < 1.29 is 18.3 Å². The van der Waals surface area contributed by atoms with E-state index in [4.69, 9.17) is 10.8 Å². The van der Waals surface area contributed by atoms with E-state index in [1.807, 2.05) is 20.1 Å². The largest absolute Gasteiger partial charge is 0.478 e. The van der Waals surface area contributed by atoms with E-state index in [9.17, 15) is 13.2 Å². The van der Waals surface area contributed by atoms with Crippen LogP contribution in [0.3, 0.4) is 0 Å². The molecule has 0 amide bonds. The average Bonchev–Trinajstić information content (AvgIpc) is 2.36. The van der Waals surface area contributed by atoms with E-state index in [0.717, 1.165) is 6.07 Å². The maximum absolute atomic E-state index is 12.2. The first-order valence-corrected chi connectivity index (χ1v) is 8.47. The van der Waals surface area contributed by atoms with Gasteiger partial charge in [-0.2, -0.15) is 11.8 Å². The Morgan fingerprint density at radius 1 is 1.45 bits per heavy atom. The van der Waals surface area contributed by atoms with Gasteiger partial charge >= 0.3 is 5.97 Å². The predicted molar refractivity (Wildman–Crippen MR) is 80.6 cm³/mol. The fourth-order valence-corrected chi connectivity index (χ4v) is 3.11. The molecule has 0 saturated carbocycles. The number of nitrogens with one attached hydrogen (secondary N) is 1. The second kappa shape index (κ2) is 6.02. The summed E-state index contributed by atoms with van der Waals surface area (Å²) in [6.07, 6.45) is 1.87. The fourth-order valence-electron chi connectivity index (χ4n) is 1.36. The highest BCUT2D eigenvalue weighted by molar-refractivity contribution is 8.00. The molecule has 6 nitrogen and oxygen atoms in total. The van der Waals surface area contributed by atoms with Gasteiger partial charge < -0.3 is 10.8 Å². The quantitative estimate of drug-likeness (QED) is 0.684. The molecule has 0 aliphatic carbocycles. The third-order valence-corrected chi connectivity index (χ3v) is 5.46. The third kappa shape index (κ3) is 4.12. The van der Waals surface area contributed by atoms with Gasteiger partial charge in [0.05, 0.1) is 10.5 Å². The van der Waals surface area contributed by atoms with E-state index in [2.05, 4.69) is 4.72 Å². The molecule has 0 aromatic heterocycles. The number of hydrogen-bond acceptors (Lipinski definition) is 5. The summed E-state index contributed by atoms with van der Waals surface area (Å²) in [5.74, 6) is -1.31. The molecule has 1 aromatic rings. The van der Waals surface area contributed by atoms with Gasteiger partial charge in [0.1, 0.15) is 0 Å². The number of nitrogens with two attached hydrogens (primary N) is 1. The van der Waals surface area contributed by atoms with Gasteiger partial charge in [-0.25, -0.2) is 17.9 Å². The molecule has 0 aliphatic heterocycles. The minimum Gasteiger partial charge on any atom is -0.478 e. The lowest BCUT2D eigenvalue weighted by Crippen LogP contribution is -2.36. The Bertz CT molecular complexity index is 612. The molecule has 1 aromatic carbocycles. The van der Waals surface area contributed by atoms with Crippen LogP contribution >= 0.6 is 11.8 Å². The van der Waals surface area contributed by atoms with Crippen molar-refractivity contribution in [1.29, 1.82) is 0 Å². The molecule has 0 aliphatic rings. The molecule has 112 valence electrons. The maximum Gasteiger partial charge on any atom is 0.337 e. The van der Waals surface area contributed by atoms with Crippen LogP contribution in [0.2, 0.25) is 0 Å². The van der Waals surface area contributed by atoms with E-state index in [1.54, 1.807) is 0 Å². The second-order valence-corrected chi connectivity index (χ2v) is 8.10. The maximum atomic E-state index is 12.2. The smallest absolute Gasteiger partial charge is 0.337 e. The van der Waals surface area contributed by atoms with Crippen molar-refractivity contribution in [3.8, 4) is 0 Å². The molecule has 0 radical (unpaired) electrons. The van der Waals surface area contributed by atoms with E-state index >= 15 is 0 Å². The SMILES string of the molecule is CSC(C)(C)CNS(=O)(=O)c1cc(N)ccc1C(=O)O. The number of benzene rings is 1. The molecule has 0 unspecified atom stereocenters. The van der Waals surface area contributed by atoms with Crippen LogP contribution in [0.15, 0.2) is 23.1 Å². The Labute approximate surface area is 122 Å². The van der Waals surface area contributed by atoms with Crippen LogP contribution in [0.4, 0.5) is 5.69 Å². The fraction of sp³-hybridized carbons (Fsp3) is 0.417. The molecule has 0 heterocycles. The number of carbonyl (C=O) groups is 1. The number of thioether (sulfide) groups is 1. The molecule has 8 heteroatoms. The van der Waals surface area contributed by atoms with Crippen LogP contribution < -0.4 is 10.5 Å². The van der Waals surface area contributed by atoms with Gasteiger partial charge in [0, 0.05) is 17.0 Å². The van der Waals surface area contributed by atoms with Crippen molar-refractivity contribution in [2.24, 2.45) is 0 Å². The summed E-state index contributed by atoms with van der Waals surface area (Å²) in [4.78, 5) is 10.8. The first-order chi connectivity index (χ1) is 9.09. The number of carboxylic acids is 1. The zero-order chi connectivity index (χ0) is 15.6. The number of sulfonamides is 1. The van der Waals surface area contributed by atoms with Gasteiger partial charge in [0.15, 0.2) is 0 Å². The molecule has 20 heavy (non-hydrogen) atoms. The van der Waals surface area contributed by atoms with Crippen LogP contribution in [-0.2, 0) is 10.0 Å². The van der Waals surface area contributed by atoms with Gasteiger partial charge in [0.2, 0.25) is 10.0 Å². The minimum absolute atomic E-state index is 0.185. The van der Waals surface area contributed by atoms with Crippen molar-refractivity contribution in [3.05, 3.63) is 23.8 Å². The van der Waals surface area contributed by atoms with Gasteiger partial charge in [-0.3, -0.25) is 0 Å². The number of nitrogen functional groups attached to an aromatic ring is 1. The Morgan fingerprint density at radius 2 is 2.05 bits per heavy atom. The van der Waals surface area contributed by atoms with Crippen LogP contribution in [0.5, 0.6) is 0 Å². The summed E-state index contributed by atoms with van der Waals surface area (Å²) < 4.78 is 26.6. The molecule has 4 N–H and O–H groups in total. The molecule has 0 saturated heterocycles. The predicted octanol–water partition coefficient (Wildman–Crippen LogP) is 1.39. The topological polar surface area (TPSA) is 109 Å². The van der Waals surface area contributed by atoms with Crippen molar-refractivity contribution in [2.75, 3.05) is 18.5 Å². The number of anilines is 1. The average molecular weight is 318 g/mol. The Morgan fingerprint density at radius 3 is 2.55 bits per heavy atom. The molecule has 0 bridgehead atoms. The highest BCUT2D eigenvalue weighted by atomic mass is 32.2. The van der Waals surface area contributed by atoms with E-state index < -0.39 is 16.0 Å². The van der Waals surface area contributed by atoms with Crippen molar-refractivity contribution >= 4 is 33.4 Å². The Kier molecular flexibility index (Phi) is 5.06.